The molecule has 0 aliphatic carbocycles. The van der Waals surface area contributed by atoms with E-state index in [2.05, 4.69) is 38.4 Å². The average Bonchev–Trinajstić information content (AvgIpc) is 3.31. The second-order valence-electron chi connectivity index (χ2n) is 9.08. The number of tetrazole rings is 1. The molecule has 0 saturated carbocycles. The molecular formula is C26H30N6O2. The number of benzene rings is 2. The number of hydrogen-bond donors (Lipinski definition) is 1. The molecule has 2 aromatic heterocycles. The minimum absolute atomic E-state index is 0.0872. The van der Waals surface area contributed by atoms with E-state index in [0.29, 0.717) is 17.9 Å². The normalized spacial score (nSPS) is 15.5. The van der Waals surface area contributed by atoms with Gasteiger partial charge in [0.1, 0.15) is 11.8 Å². The number of piperidine rings is 1. The maximum absolute atomic E-state index is 13.4. The maximum Gasteiger partial charge on any atom is 0.253 e. The number of aromatic nitrogens is 5. The van der Waals surface area contributed by atoms with E-state index in [1.54, 1.807) is 7.11 Å². The largest absolute Gasteiger partial charge is 0.497 e. The molecule has 34 heavy (non-hydrogen) atoms. The van der Waals surface area contributed by atoms with Crippen LogP contribution < -0.4 is 10.3 Å². The van der Waals surface area contributed by atoms with Gasteiger partial charge in [-0.15, -0.1) is 5.10 Å². The third-order valence-corrected chi connectivity index (χ3v) is 6.82. The Labute approximate surface area is 198 Å². The first kappa shape index (κ1) is 22.3. The van der Waals surface area contributed by atoms with Gasteiger partial charge in [0.15, 0.2) is 5.82 Å². The van der Waals surface area contributed by atoms with Gasteiger partial charge in [0.25, 0.3) is 5.56 Å². The van der Waals surface area contributed by atoms with Crippen LogP contribution in [0.2, 0.25) is 0 Å². The Morgan fingerprint density at radius 3 is 2.50 bits per heavy atom. The van der Waals surface area contributed by atoms with Gasteiger partial charge >= 0.3 is 0 Å². The van der Waals surface area contributed by atoms with Crippen LogP contribution in [-0.4, -0.2) is 50.3 Å². The summed E-state index contributed by atoms with van der Waals surface area (Å²) in [6.07, 6.45) is 3.40. The summed E-state index contributed by atoms with van der Waals surface area (Å²) >= 11 is 0. The number of methoxy groups -OCH3 is 1. The lowest BCUT2D eigenvalue weighted by Gasteiger charge is -2.33. The lowest BCUT2D eigenvalue weighted by atomic mass is 9.98. The number of pyridine rings is 1. The number of hydrogen-bond acceptors (Lipinski definition) is 6. The Bertz CT molecular complexity index is 1350. The quantitative estimate of drug-likeness (QED) is 0.473. The van der Waals surface area contributed by atoms with Crippen molar-refractivity contribution in [1.82, 2.24) is 30.1 Å². The minimum Gasteiger partial charge on any atom is -0.497 e. The van der Waals surface area contributed by atoms with E-state index in [9.17, 15) is 4.79 Å². The van der Waals surface area contributed by atoms with Gasteiger partial charge in [-0.25, -0.2) is 4.68 Å². The molecule has 1 aliphatic heterocycles. The topological polar surface area (TPSA) is 88.9 Å². The Hall–Kier alpha value is -3.52. The lowest BCUT2D eigenvalue weighted by molar-refractivity contribution is 0.177. The summed E-state index contributed by atoms with van der Waals surface area (Å²) in [4.78, 5) is 18.9. The summed E-state index contributed by atoms with van der Waals surface area (Å²) in [7, 11) is 1.65. The van der Waals surface area contributed by atoms with E-state index in [0.717, 1.165) is 59.3 Å². The molecular weight excluding hydrogens is 428 g/mol. The summed E-state index contributed by atoms with van der Waals surface area (Å²) in [6, 6.07) is 13.8. The van der Waals surface area contributed by atoms with Crippen molar-refractivity contribution in [2.24, 2.45) is 0 Å². The van der Waals surface area contributed by atoms with Crippen molar-refractivity contribution in [3.63, 3.8) is 0 Å². The van der Waals surface area contributed by atoms with Gasteiger partial charge in [-0.3, -0.25) is 9.69 Å². The highest BCUT2D eigenvalue weighted by molar-refractivity contribution is 5.85. The van der Waals surface area contributed by atoms with Gasteiger partial charge < -0.3 is 9.72 Å². The third-order valence-electron chi connectivity index (χ3n) is 6.82. The van der Waals surface area contributed by atoms with Crippen molar-refractivity contribution in [1.29, 1.82) is 0 Å². The zero-order chi connectivity index (χ0) is 23.7. The molecule has 176 valence electrons. The van der Waals surface area contributed by atoms with Crippen molar-refractivity contribution in [2.75, 3.05) is 20.2 Å². The summed E-state index contributed by atoms with van der Waals surface area (Å²) in [6.45, 7) is 6.43. The van der Waals surface area contributed by atoms with Crippen LogP contribution in [0.1, 0.15) is 53.4 Å². The van der Waals surface area contributed by atoms with Gasteiger partial charge in [-0.05, 0) is 85.1 Å². The Kier molecular flexibility index (Phi) is 6.15. The minimum atomic E-state index is -0.318. The summed E-state index contributed by atoms with van der Waals surface area (Å²) in [5, 5.41) is 13.8. The summed E-state index contributed by atoms with van der Waals surface area (Å²) in [5.74, 6) is 1.49. The molecule has 1 fully saturated rings. The van der Waals surface area contributed by atoms with Crippen molar-refractivity contribution in [3.8, 4) is 5.75 Å². The van der Waals surface area contributed by atoms with E-state index in [1.807, 2.05) is 48.0 Å². The molecule has 0 amide bonds. The monoisotopic (exact) mass is 458 g/mol. The molecule has 1 atom stereocenters. The predicted octanol–water partition coefficient (Wildman–Crippen LogP) is 3.76. The standard InChI is InChI=1S/C26H30N6O2/c1-17-7-8-18(2)23-21(17)15-22(26(33)27-23)24(31-13-5-4-6-14-31)25-28-29-30-32(25)16-19-9-11-20(34-3)12-10-19/h7-12,15,24H,4-6,13-14,16H2,1-3H3,(H,27,33)/t24-/m0/s1. The fourth-order valence-electron chi connectivity index (χ4n) is 4.89. The average molecular weight is 459 g/mol. The first-order valence-corrected chi connectivity index (χ1v) is 11.8. The number of likely N-dealkylation sites (tertiary alicyclic amines) is 1. The number of aromatic amines is 1. The van der Waals surface area contributed by atoms with Gasteiger partial charge in [0, 0.05) is 10.9 Å². The molecule has 8 heteroatoms. The Morgan fingerprint density at radius 2 is 1.76 bits per heavy atom. The molecule has 8 nitrogen and oxygen atoms in total. The van der Waals surface area contributed by atoms with Crippen molar-refractivity contribution >= 4 is 10.9 Å². The smallest absolute Gasteiger partial charge is 0.253 e. The van der Waals surface area contributed by atoms with Crippen molar-refractivity contribution < 1.29 is 4.74 Å². The van der Waals surface area contributed by atoms with Crippen LogP contribution >= 0.6 is 0 Å². The van der Waals surface area contributed by atoms with Crippen LogP contribution in [0.3, 0.4) is 0 Å². The predicted molar refractivity (Wildman–Crippen MR) is 131 cm³/mol. The molecule has 4 aromatic rings. The third kappa shape index (κ3) is 4.21. The Morgan fingerprint density at radius 1 is 1.03 bits per heavy atom. The van der Waals surface area contributed by atoms with E-state index < -0.39 is 0 Å². The highest BCUT2D eigenvalue weighted by Gasteiger charge is 2.31. The molecule has 0 spiro atoms. The molecule has 1 saturated heterocycles. The summed E-state index contributed by atoms with van der Waals surface area (Å²) < 4.78 is 7.09. The number of ether oxygens (including phenoxy) is 1. The fraction of sp³-hybridized carbons (Fsp3) is 0.385. The fourth-order valence-corrected chi connectivity index (χ4v) is 4.89. The van der Waals surface area contributed by atoms with Crippen LogP contribution in [0, 0.1) is 13.8 Å². The molecule has 5 rings (SSSR count). The van der Waals surface area contributed by atoms with Crippen molar-refractivity contribution in [2.45, 2.75) is 45.7 Å². The molecule has 0 radical (unpaired) electrons. The molecule has 2 aromatic carbocycles. The summed E-state index contributed by atoms with van der Waals surface area (Å²) in [5.41, 5.74) is 4.75. The van der Waals surface area contributed by atoms with Crippen LogP contribution in [-0.2, 0) is 6.54 Å². The van der Waals surface area contributed by atoms with Gasteiger partial charge in [-0.1, -0.05) is 30.7 Å². The number of H-pyrrole nitrogens is 1. The van der Waals surface area contributed by atoms with Crippen LogP contribution in [0.15, 0.2) is 47.3 Å². The number of aryl methyl sites for hydroxylation is 2. The maximum atomic E-state index is 13.4. The molecule has 0 bridgehead atoms. The molecule has 0 unspecified atom stereocenters. The lowest BCUT2D eigenvalue weighted by Crippen LogP contribution is -2.38. The zero-order valence-corrected chi connectivity index (χ0v) is 19.9. The van der Waals surface area contributed by atoms with Crippen LogP contribution in [0.5, 0.6) is 5.75 Å². The number of rotatable bonds is 6. The van der Waals surface area contributed by atoms with E-state index >= 15 is 0 Å². The first-order chi connectivity index (χ1) is 16.5. The molecule has 1 N–H and O–H groups in total. The van der Waals surface area contributed by atoms with E-state index in [-0.39, 0.29) is 11.6 Å². The van der Waals surface area contributed by atoms with Crippen LogP contribution in [0.25, 0.3) is 10.9 Å². The molecule has 1 aliphatic rings. The highest BCUT2D eigenvalue weighted by Crippen LogP contribution is 2.31. The number of fused-ring (bicyclic) bond motifs is 1. The highest BCUT2D eigenvalue weighted by atomic mass is 16.5. The van der Waals surface area contributed by atoms with Gasteiger partial charge in [0.2, 0.25) is 0 Å². The Balaban J connectivity index is 1.61. The zero-order valence-electron chi connectivity index (χ0n) is 19.9. The van der Waals surface area contributed by atoms with Gasteiger partial charge in [-0.2, -0.15) is 0 Å². The van der Waals surface area contributed by atoms with E-state index in [1.165, 1.54) is 6.42 Å². The first-order valence-electron chi connectivity index (χ1n) is 11.8. The SMILES string of the molecule is COc1ccc(Cn2nnnc2[C@H](c2cc3c(C)ccc(C)c3[nH]c2=O)N2CCCCC2)cc1. The van der Waals surface area contributed by atoms with E-state index in [4.69, 9.17) is 4.74 Å². The molecule has 3 heterocycles. The second kappa shape index (κ2) is 9.38. The number of nitrogens with zero attached hydrogens (tertiary/aromatic N) is 5. The van der Waals surface area contributed by atoms with Crippen LogP contribution in [0.4, 0.5) is 0 Å². The second-order valence-corrected chi connectivity index (χ2v) is 9.08. The van der Waals surface area contributed by atoms with Gasteiger partial charge in [0.05, 0.1) is 19.2 Å². The van der Waals surface area contributed by atoms with Crippen molar-refractivity contribution in [3.05, 3.63) is 80.9 Å². The number of nitrogens with one attached hydrogen (secondary N) is 1.